The zero-order valence-corrected chi connectivity index (χ0v) is 10.2. The van der Waals surface area contributed by atoms with Gasteiger partial charge in [0.15, 0.2) is 0 Å². The molecule has 0 atom stereocenters. The molecule has 2 rings (SSSR count). The van der Waals surface area contributed by atoms with Crippen LogP contribution in [0.25, 0.3) is 0 Å². The Morgan fingerprint density at radius 3 is 2.53 bits per heavy atom. The maximum Gasteiger partial charge on any atom is 0.129 e. The molecule has 0 unspecified atom stereocenters. The Hall–Kier alpha value is -1.61. The topological polar surface area (TPSA) is 16.1 Å². The molecule has 2 nitrogen and oxygen atoms in total. The van der Waals surface area contributed by atoms with Gasteiger partial charge in [-0.1, -0.05) is 17.7 Å². The Kier molecular flexibility index (Phi) is 3.59. The third kappa shape index (κ3) is 3.17. The van der Waals surface area contributed by atoms with E-state index in [1.54, 1.807) is 18.2 Å². The molecule has 1 aromatic carbocycles. The molecule has 0 radical (unpaired) electrons. The Balaban J connectivity index is 2.11. The van der Waals surface area contributed by atoms with Crippen LogP contribution >= 0.6 is 11.6 Å². The fraction of sp³-hybridized carbons (Fsp3) is 0.154. The van der Waals surface area contributed by atoms with Crippen molar-refractivity contribution in [2.75, 3.05) is 11.9 Å². The molecule has 0 aliphatic rings. The molecule has 1 aromatic heterocycles. The number of nitrogens with zero attached hydrogens (tertiary/aromatic N) is 2. The minimum Gasteiger partial charge on any atom is -0.369 e. The van der Waals surface area contributed by atoms with E-state index in [1.165, 1.54) is 12.1 Å². The highest BCUT2D eigenvalue weighted by Gasteiger charge is 2.03. The van der Waals surface area contributed by atoms with Gasteiger partial charge in [0.1, 0.15) is 11.0 Å². The third-order valence-corrected chi connectivity index (χ3v) is 2.65. The maximum absolute atomic E-state index is 12.8. The van der Waals surface area contributed by atoms with Crippen LogP contribution in [-0.2, 0) is 6.54 Å². The molecular weight excluding hydrogens is 239 g/mol. The van der Waals surface area contributed by atoms with Gasteiger partial charge < -0.3 is 4.90 Å². The Morgan fingerprint density at radius 1 is 1.18 bits per heavy atom. The van der Waals surface area contributed by atoms with Crippen molar-refractivity contribution < 1.29 is 4.39 Å². The zero-order valence-electron chi connectivity index (χ0n) is 9.40. The summed E-state index contributed by atoms with van der Waals surface area (Å²) in [5, 5.41) is 0.481. The second kappa shape index (κ2) is 5.15. The van der Waals surface area contributed by atoms with Crippen LogP contribution in [0.5, 0.6) is 0 Å². The van der Waals surface area contributed by atoms with E-state index in [0.29, 0.717) is 11.7 Å². The average molecular weight is 251 g/mol. The van der Waals surface area contributed by atoms with Gasteiger partial charge in [-0.25, -0.2) is 9.37 Å². The van der Waals surface area contributed by atoms with E-state index in [1.807, 2.05) is 24.1 Å². The highest BCUT2D eigenvalue weighted by molar-refractivity contribution is 6.29. The molecular formula is C13H12ClFN2. The van der Waals surface area contributed by atoms with Gasteiger partial charge in [-0.15, -0.1) is 0 Å². The fourth-order valence-corrected chi connectivity index (χ4v) is 1.75. The standard InChI is InChI=1S/C13H12ClFN2/c1-17(12-7-5-10(15)6-8-12)9-11-3-2-4-13(14)16-11/h2-8H,9H2,1H3. The SMILES string of the molecule is CN(Cc1cccc(Cl)n1)c1ccc(F)cc1. The lowest BCUT2D eigenvalue weighted by molar-refractivity contribution is 0.627. The predicted octanol–water partition coefficient (Wildman–Crippen LogP) is 3.51. The van der Waals surface area contributed by atoms with Crippen LogP contribution in [0, 0.1) is 5.82 Å². The van der Waals surface area contributed by atoms with Crippen LogP contribution in [0.15, 0.2) is 42.5 Å². The van der Waals surface area contributed by atoms with Crippen molar-refractivity contribution in [3.8, 4) is 0 Å². The predicted molar refractivity (Wildman–Crippen MR) is 67.8 cm³/mol. The van der Waals surface area contributed by atoms with E-state index < -0.39 is 0 Å². The number of halogens is 2. The van der Waals surface area contributed by atoms with Crippen LogP contribution in [0.1, 0.15) is 5.69 Å². The van der Waals surface area contributed by atoms with Gasteiger partial charge in [-0.05, 0) is 36.4 Å². The first-order valence-electron chi connectivity index (χ1n) is 5.23. The number of benzene rings is 1. The number of hydrogen-bond donors (Lipinski definition) is 0. The highest BCUT2D eigenvalue weighted by Crippen LogP contribution is 2.16. The van der Waals surface area contributed by atoms with Gasteiger partial charge in [-0.2, -0.15) is 0 Å². The summed E-state index contributed by atoms with van der Waals surface area (Å²) >= 11 is 5.82. The van der Waals surface area contributed by atoms with E-state index in [4.69, 9.17) is 11.6 Å². The Labute approximate surface area is 105 Å². The summed E-state index contributed by atoms with van der Waals surface area (Å²) < 4.78 is 12.8. The van der Waals surface area contributed by atoms with Crippen molar-refractivity contribution in [1.82, 2.24) is 4.98 Å². The molecule has 2 aromatic rings. The van der Waals surface area contributed by atoms with Crippen LogP contribution in [-0.4, -0.2) is 12.0 Å². The first-order chi connectivity index (χ1) is 8.15. The lowest BCUT2D eigenvalue weighted by atomic mass is 10.2. The number of pyridine rings is 1. The van der Waals surface area contributed by atoms with Gasteiger partial charge in [0.2, 0.25) is 0 Å². The van der Waals surface area contributed by atoms with Crippen LogP contribution in [0.2, 0.25) is 5.15 Å². The summed E-state index contributed by atoms with van der Waals surface area (Å²) in [7, 11) is 1.93. The second-order valence-electron chi connectivity index (χ2n) is 3.78. The average Bonchev–Trinajstić information content (AvgIpc) is 2.29. The van der Waals surface area contributed by atoms with Crippen molar-refractivity contribution in [1.29, 1.82) is 0 Å². The molecule has 0 N–H and O–H groups in total. The van der Waals surface area contributed by atoms with E-state index in [0.717, 1.165) is 11.4 Å². The largest absolute Gasteiger partial charge is 0.369 e. The molecule has 17 heavy (non-hydrogen) atoms. The summed E-state index contributed by atoms with van der Waals surface area (Å²) in [5.74, 6) is -0.233. The van der Waals surface area contributed by atoms with Gasteiger partial charge in [0.25, 0.3) is 0 Å². The third-order valence-electron chi connectivity index (χ3n) is 2.44. The van der Waals surface area contributed by atoms with Gasteiger partial charge in [0, 0.05) is 12.7 Å². The molecule has 0 amide bonds. The molecule has 0 fully saturated rings. The second-order valence-corrected chi connectivity index (χ2v) is 4.17. The van der Waals surface area contributed by atoms with E-state index in [-0.39, 0.29) is 5.82 Å². The normalized spacial score (nSPS) is 10.3. The van der Waals surface area contributed by atoms with Gasteiger partial charge in [0.05, 0.1) is 12.2 Å². The van der Waals surface area contributed by atoms with Crippen molar-refractivity contribution in [2.45, 2.75) is 6.54 Å². The number of aromatic nitrogens is 1. The van der Waals surface area contributed by atoms with Gasteiger partial charge in [-0.3, -0.25) is 0 Å². The smallest absolute Gasteiger partial charge is 0.129 e. The molecule has 0 saturated heterocycles. The summed E-state index contributed by atoms with van der Waals surface area (Å²) in [6, 6.07) is 11.9. The van der Waals surface area contributed by atoms with Crippen molar-refractivity contribution in [2.24, 2.45) is 0 Å². The van der Waals surface area contributed by atoms with Crippen LogP contribution in [0.4, 0.5) is 10.1 Å². The van der Waals surface area contributed by atoms with Crippen molar-refractivity contribution >= 4 is 17.3 Å². The summed E-state index contributed by atoms with van der Waals surface area (Å²) in [6.45, 7) is 0.631. The minimum atomic E-state index is -0.233. The molecule has 88 valence electrons. The number of rotatable bonds is 3. The summed E-state index contributed by atoms with van der Waals surface area (Å²) in [5.41, 5.74) is 1.82. The van der Waals surface area contributed by atoms with E-state index in [2.05, 4.69) is 4.98 Å². The molecule has 1 heterocycles. The highest BCUT2D eigenvalue weighted by atomic mass is 35.5. The fourth-order valence-electron chi connectivity index (χ4n) is 1.57. The molecule has 0 aliphatic heterocycles. The van der Waals surface area contributed by atoms with E-state index in [9.17, 15) is 4.39 Å². The molecule has 0 saturated carbocycles. The number of anilines is 1. The zero-order chi connectivity index (χ0) is 12.3. The first kappa shape index (κ1) is 11.9. The molecule has 4 heteroatoms. The van der Waals surface area contributed by atoms with Gasteiger partial charge >= 0.3 is 0 Å². The quantitative estimate of drug-likeness (QED) is 0.775. The monoisotopic (exact) mass is 250 g/mol. The lowest BCUT2D eigenvalue weighted by Crippen LogP contribution is -2.17. The molecule has 0 spiro atoms. The van der Waals surface area contributed by atoms with Crippen molar-refractivity contribution in [3.63, 3.8) is 0 Å². The molecule has 0 aliphatic carbocycles. The Bertz CT molecular complexity index is 499. The summed E-state index contributed by atoms with van der Waals surface area (Å²) in [4.78, 5) is 6.19. The lowest BCUT2D eigenvalue weighted by Gasteiger charge is -2.18. The van der Waals surface area contributed by atoms with E-state index >= 15 is 0 Å². The minimum absolute atomic E-state index is 0.233. The first-order valence-corrected chi connectivity index (χ1v) is 5.61. The van der Waals surface area contributed by atoms with Crippen LogP contribution < -0.4 is 4.90 Å². The molecule has 0 bridgehead atoms. The number of hydrogen-bond acceptors (Lipinski definition) is 2. The van der Waals surface area contributed by atoms with Crippen LogP contribution in [0.3, 0.4) is 0 Å². The summed E-state index contributed by atoms with van der Waals surface area (Å²) in [6.07, 6.45) is 0. The maximum atomic E-state index is 12.8. The Morgan fingerprint density at radius 2 is 1.88 bits per heavy atom. The van der Waals surface area contributed by atoms with Crippen molar-refractivity contribution in [3.05, 3.63) is 59.1 Å².